The van der Waals surface area contributed by atoms with Crippen molar-refractivity contribution in [2.24, 2.45) is 0 Å². The summed E-state index contributed by atoms with van der Waals surface area (Å²) in [7, 11) is -3.19. The Morgan fingerprint density at radius 1 is 1.35 bits per heavy atom. The van der Waals surface area contributed by atoms with E-state index < -0.39 is 10.0 Å². The summed E-state index contributed by atoms with van der Waals surface area (Å²) in [5.74, 6) is 0.630. The maximum atomic E-state index is 11.3. The van der Waals surface area contributed by atoms with Crippen LogP contribution in [0.25, 0.3) is 10.6 Å². The van der Waals surface area contributed by atoms with Crippen LogP contribution in [0.2, 0.25) is 0 Å². The molecule has 124 valence electrons. The number of sulfonamides is 1. The van der Waals surface area contributed by atoms with E-state index in [9.17, 15) is 8.42 Å². The van der Waals surface area contributed by atoms with Crippen molar-refractivity contribution in [3.63, 3.8) is 0 Å². The molecule has 7 nitrogen and oxygen atoms in total. The topological polar surface area (TPSA) is 88.1 Å². The van der Waals surface area contributed by atoms with E-state index in [2.05, 4.69) is 19.7 Å². The van der Waals surface area contributed by atoms with Crippen LogP contribution in [-0.4, -0.2) is 48.8 Å². The number of hydrogen-bond donors (Lipinski definition) is 1. The molecule has 2 aromatic heterocycles. The van der Waals surface area contributed by atoms with Gasteiger partial charge in [0.05, 0.1) is 27.5 Å². The molecule has 0 aliphatic carbocycles. The van der Waals surface area contributed by atoms with Crippen LogP contribution in [0.5, 0.6) is 0 Å². The Balaban J connectivity index is 1.80. The van der Waals surface area contributed by atoms with Crippen molar-refractivity contribution in [2.75, 3.05) is 24.2 Å². The first-order chi connectivity index (χ1) is 10.8. The molecular weight excluding hydrogens is 334 g/mol. The van der Waals surface area contributed by atoms with Gasteiger partial charge >= 0.3 is 0 Å². The fourth-order valence-corrected chi connectivity index (χ4v) is 4.42. The Kier molecular flexibility index (Phi) is 4.35. The largest absolute Gasteiger partial charge is 0.339 e. The minimum absolute atomic E-state index is 0.0929. The van der Waals surface area contributed by atoms with E-state index >= 15 is 0 Å². The molecule has 23 heavy (non-hydrogen) atoms. The quantitative estimate of drug-likeness (QED) is 0.892. The molecule has 1 aliphatic heterocycles. The van der Waals surface area contributed by atoms with Crippen LogP contribution in [0.1, 0.15) is 17.1 Å². The predicted molar refractivity (Wildman–Crippen MR) is 91.2 cm³/mol. The van der Waals surface area contributed by atoms with Gasteiger partial charge in [-0.25, -0.2) is 28.1 Å². The van der Waals surface area contributed by atoms with Crippen molar-refractivity contribution < 1.29 is 8.42 Å². The van der Waals surface area contributed by atoms with Crippen LogP contribution in [0, 0.1) is 13.8 Å². The third-order valence-electron chi connectivity index (χ3n) is 3.63. The van der Waals surface area contributed by atoms with Gasteiger partial charge in [0.15, 0.2) is 0 Å². The first-order valence-electron chi connectivity index (χ1n) is 7.31. The molecule has 1 fully saturated rings. The molecule has 1 saturated heterocycles. The fraction of sp³-hybridized carbons (Fsp3) is 0.500. The molecule has 3 heterocycles. The summed E-state index contributed by atoms with van der Waals surface area (Å²) >= 11 is 1.62. The zero-order valence-corrected chi connectivity index (χ0v) is 14.9. The van der Waals surface area contributed by atoms with Crippen LogP contribution in [-0.2, 0) is 10.0 Å². The zero-order chi connectivity index (χ0) is 16.6. The number of hydrogen-bond acceptors (Lipinski definition) is 7. The first-order valence-corrected chi connectivity index (χ1v) is 10.0. The van der Waals surface area contributed by atoms with Gasteiger partial charge in [-0.1, -0.05) is 0 Å². The highest BCUT2D eigenvalue weighted by Crippen LogP contribution is 2.29. The van der Waals surface area contributed by atoms with Crippen LogP contribution in [0.15, 0.2) is 12.3 Å². The minimum Gasteiger partial charge on any atom is -0.339 e. The van der Waals surface area contributed by atoms with Crippen LogP contribution < -0.4 is 9.62 Å². The van der Waals surface area contributed by atoms with Crippen molar-refractivity contribution in [1.82, 2.24) is 19.7 Å². The number of nitrogens with one attached hydrogen (secondary N) is 1. The number of aryl methyl sites for hydroxylation is 2. The molecule has 0 radical (unpaired) electrons. The molecule has 1 unspecified atom stereocenters. The lowest BCUT2D eigenvalue weighted by molar-refractivity contribution is 0.567. The molecule has 2 aromatic rings. The Hall–Kier alpha value is -1.58. The van der Waals surface area contributed by atoms with Crippen molar-refractivity contribution in [3.05, 3.63) is 23.0 Å². The highest BCUT2D eigenvalue weighted by Gasteiger charge is 2.26. The lowest BCUT2D eigenvalue weighted by Gasteiger charge is -2.16. The van der Waals surface area contributed by atoms with Crippen molar-refractivity contribution in [1.29, 1.82) is 0 Å². The van der Waals surface area contributed by atoms with Crippen molar-refractivity contribution in [2.45, 2.75) is 26.3 Å². The van der Waals surface area contributed by atoms with E-state index in [0.717, 1.165) is 34.2 Å². The molecule has 0 spiro atoms. The molecule has 1 atom stereocenters. The van der Waals surface area contributed by atoms with E-state index in [1.165, 1.54) is 6.26 Å². The molecule has 0 bridgehead atoms. The summed E-state index contributed by atoms with van der Waals surface area (Å²) in [5.41, 5.74) is 1.83. The fourth-order valence-electron chi connectivity index (χ4n) is 2.74. The van der Waals surface area contributed by atoms with Crippen molar-refractivity contribution in [3.8, 4) is 10.6 Å². The molecule has 9 heteroatoms. The van der Waals surface area contributed by atoms with Gasteiger partial charge < -0.3 is 4.90 Å². The Labute approximate surface area is 139 Å². The van der Waals surface area contributed by atoms with Gasteiger partial charge in [0.2, 0.25) is 16.0 Å². The van der Waals surface area contributed by atoms with Gasteiger partial charge in [-0.05, 0) is 26.3 Å². The first kappa shape index (κ1) is 16.3. The van der Waals surface area contributed by atoms with Gasteiger partial charge in [0, 0.05) is 25.3 Å². The summed E-state index contributed by atoms with van der Waals surface area (Å²) in [4.78, 5) is 16.5. The maximum absolute atomic E-state index is 11.3. The number of nitrogens with zero attached hydrogens (tertiary/aromatic N) is 4. The monoisotopic (exact) mass is 353 g/mol. The van der Waals surface area contributed by atoms with Crippen LogP contribution in [0.3, 0.4) is 0 Å². The number of thiazole rings is 1. The van der Waals surface area contributed by atoms with Gasteiger partial charge in [0.1, 0.15) is 0 Å². The summed E-state index contributed by atoms with van der Waals surface area (Å²) in [6, 6.07) is 1.79. The third-order valence-corrected chi connectivity index (χ3v) is 5.49. The molecule has 0 saturated carbocycles. The van der Waals surface area contributed by atoms with E-state index in [1.54, 1.807) is 17.5 Å². The highest BCUT2D eigenvalue weighted by atomic mass is 32.2. The lowest BCUT2D eigenvalue weighted by Crippen LogP contribution is -2.36. The Morgan fingerprint density at radius 2 is 2.13 bits per heavy atom. The Morgan fingerprint density at radius 3 is 2.78 bits per heavy atom. The second-order valence-corrected chi connectivity index (χ2v) is 8.69. The molecule has 0 aromatic carbocycles. The van der Waals surface area contributed by atoms with Gasteiger partial charge in [-0.3, -0.25) is 0 Å². The van der Waals surface area contributed by atoms with Gasteiger partial charge in [-0.2, -0.15) is 0 Å². The van der Waals surface area contributed by atoms with E-state index in [4.69, 9.17) is 0 Å². The van der Waals surface area contributed by atoms with Gasteiger partial charge in [0.25, 0.3) is 0 Å². The summed E-state index contributed by atoms with van der Waals surface area (Å²) in [6.07, 6.45) is 3.67. The van der Waals surface area contributed by atoms with E-state index in [1.807, 2.05) is 24.8 Å². The average molecular weight is 353 g/mol. The third kappa shape index (κ3) is 3.85. The van der Waals surface area contributed by atoms with Crippen molar-refractivity contribution >= 4 is 27.3 Å². The Bertz CT molecular complexity index is 818. The second kappa shape index (κ2) is 6.14. The molecule has 0 amide bonds. The normalized spacial score (nSPS) is 18.6. The smallest absolute Gasteiger partial charge is 0.225 e. The molecule has 1 N–H and O–H groups in total. The minimum atomic E-state index is -3.19. The van der Waals surface area contributed by atoms with Crippen LogP contribution in [0.4, 0.5) is 5.95 Å². The SMILES string of the molecule is Cc1nc(C)c(-c2ccnc(N3CCC(NS(C)(=O)=O)C3)n2)s1. The van der Waals surface area contributed by atoms with E-state index in [-0.39, 0.29) is 6.04 Å². The number of anilines is 1. The lowest BCUT2D eigenvalue weighted by atomic mass is 10.3. The summed E-state index contributed by atoms with van der Waals surface area (Å²) in [6.45, 7) is 5.27. The summed E-state index contributed by atoms with van der Waals surface area (Å²) in [5, 5.41) is 1.01. The zero-order valence-electron chi connectivity index (χ0n) is 13.3. The maximum Gasteiger partial charge on any atom is 0.225 e. The molecule has 1 aliphatic rings. The van der Waals surface area contributed by atoms with Crippen LogP contribution >= 0.6 is 11.3 Å². The highest BCUT2D eigenvalue weighted by molar-refractivity contribution is 7.88. The predicted octanol–water partition coefficient (Wildman–Crippen LogP) is 1.34. The number of aromatic nitrogens is 3. The standard InChI is InChI=1S/C14H19N5O2S2/c1-9-13(22-10(2)16-9)12-4-6-15-14(17-12)19-7-5-11(8-19)18-23(3,20)21/h4,6,11,18H,5,7-8H2,1-3H3. The van der Waals surface area contributed by atoms with E-state index in [0.29, 0.717) is 12.5 Å². The molecule has 3 rings (SSSR count). The summed E-state index contributed by atoms with van der Waals surface area (Å²) < 4.78 is 25.3. The second-order valence-electron chi connectivity index (χ2n) is 5.71. The van der Waals surface area contributed by atoms with Gasteiger partial charge in [-0.15, -0.1) is 11.3 Å². The average Bonchev–Trinajstić information content (AvgIpc) is 3.04. The number of rotatable bonds is 4. The molecular formula is C14H19N5O2S2.